The third-order valence-electron chi connectivity index (χ3n) is 3.21. The molecule has 0 aliphatic carbocycles. The standard InChI is InChI=1S/C17H29NO/c1-16(2,3)15(11-12-18)13-7-9-14(10-8-13)19-17(4,5)6/h7-10,15H,11-12,18H2,1-6H3. The van der Waals surface area contributed by atoms with Gasteiger partial charge in [0.2, 0.25) is 0 Å². The third-order valence-corrected chi connectivity index (χ3v) is 3.21. The molecule has 0 aromatic heterocycles. The molecule has 0 heterocycles. The van der Waals surface area contributed by atoms with E-state index in [1.54, 1.807) is 0 Å². The molecule has 0 aliphatic heterocycles. The molecular formula is C17H29NO. The Morgan fingerprint density at radius 1 is 1.00 bits per heavy atom. The van der Waals surface area contributed by atoms with Gasteiger partial charge in [0.1, 0.15) is 11.4 Å². The summed E-state index contributed by atoms with van der Waals surface area (Å²) in [5.41, 5.74) is 7.18. The van der Waals surface area contributed by atoms with Crippen molar-refractivity contribution in [2.24, 2.45) is 11.1 Å². The van der Waals surface area contributed by atoms with Crippen LogP contribution in [0.1, 0.15) is 59.4 Å². The first-order chi connectivity index (χ1) is 8.63. The highest BCUT2D eigenvalue weighted by Gasteiger charge is 2.25. The van der Waals surface area contributed by atoms with Crippen molar-refractivity contribution in [3.8, 4) is 5.75 Å². The predicted molar refractivity (Wildman–Crippen MR) is 82.7 cm³/mol. The van der Waals surface area contributed by atoms with Crippen molar-refractivity contribution in [1.82, 2.24) is 0 Å². The lowest BCUT2D eigenvalue weighted by molar-refractivity contribution is 0.131. The van der Waals surface area contributed by atoms with E-state index in [-0.39, 0.29) is 11.0 Å². The van der Waals surface area contributed by atoms with Gasteiger partial charge in [0.15, 0.2) is 0 Å². The largest absolute Gasteiger partial charge is 0.488 e. The Balaban J connectivity index is 2.90. The van der Waals surface area contributed by atoms with Crippen molar-refractivity contribution in [3.63, 3.8) is 0 Å². The quantitative estimate of drug-likeness (QED) is 0.877. The van der Waals surface area contributed by atoms with Crippen molar-refractivity contribution < 1.29 is 4.74 Å². The summed E-state index contributed by atoms with van der Waals surface area (Å²) in [6.07, 6.45) is 1.02. The zero-order valence-electron chi connectivity index (χ0n) is 13.3. The Kier molecular flexibility index (Phi) is 5.03. The molecule has 2 nitrogen and oxygen atoms in total. The fourth-order valence-electron chi connectivity index (χ4n) is 2.39. The van der Waals surface area contributed by atoms with Crippen LogP contribution >= 0.6 is 0 Å². The molecule has 0 saturated carbocycles. The van der Waals surface area contributed by atoms with Crippen LogP contribution in [0.5, 0.6) is 5.75 Å². The zero-order chi connectivity index (χ0) is 14.7. The smallest absolute Gasteiger partial charge is 0.120 e. The van der Waals surface area contributed by atoms with Crippen molar-refractivity contribution in [2.75, 3.05) is 6.54 Å². The highest BCUT2D eigenvalue weighted by atomic mass is 16.5. The van der Waals surface area contributed by atoms with Gasteiger partial charge in [-0.1, -0.05) is 32.9 Å². The van der Waals surface area contributed by atoms with E-state index >= 15 is 0 Å². The maximum Gasteiger partial charge on any atom is 0.120 e. The summed E-state index contributed by atoms with van der Waals surface area (Å²) in [4.78, 5) is 0. The monoisotopic (exact) mass is 263 g/mol. The first kappa shape index (κ1) is 16.0. The minimum atomic E-state index is -0.151. The molecule has 1 aromatic carbocycles. The fraction of sp³-hybridized carbons (Fsp3) is 0.647. The van der Waals surface area contributed by atoms with Gasteiger partial charge < -0.3 is 10.5 Å². The molecule has 0 saturated heterocycles. The summed E-state index contributed by atoms with van der Waals surface area (Å²) in [6, 6.07) is 8.48. The first-order valence-electron chi connectivity index (χ1n) is 7.12. The minimum absolute atomic E-state index is 0.151. The second kappa shape index (κ2) is 5.96. The van der Waals surface area contributed by atoms with E-state index in [1.165, 1.54) is 5.56 Å². The number of ether oxygens (including phenoxy) is 1. The zero-order valence-corrected chi connectivity index (χ0v) is 13.3. The molecule has 0 radical (unpaired) electrons. The van der Waals surface area contributed by atoms with Crippen LogP contribution in [0.15, 0.2) is 24.3 Å². The number of benzene rings is 1. The summed E-state index contributed by atoms with van der Waals surface area (Å²) in [5, 5.41) is 0. The van der Waals surface area contributed by atoms with Gasteiger partial charge in [-0.05, 0) is 62.8 Å². The molecule has 1 aromatic rings. The molecule has 2 N–H and O–H groups in total. The maximum absolute atomic E-state index is 5.86. The topological polar surface area (TPSA) is 35.2 Å². The van der Waals surface area contributed by atoms with Gasteiger partial charge in [0.05, 0.1) is 0 Å². The van der Waals surface area contributed by atoms with E-state index in [1.807, 2.05) is 0 Å². The molecule has 0 amide bonds. The lowest BCUT2D eigenvalue weighted by Gasteiger charge is -2.31. The lowest BCUT2D eigenvalue weighted by Crippen LogP contribution is -2.23. The molecule has 1 rings (SSSR count). The predicted octanol–water partition coefficient (Wildman–Crippen LogP) is 4.34. The van der Waals surface area contributed by atoms with E-state index in [4.69, 9.17) is 10.5 Å². The summed E-state index contributed by atoms with van der Waals surface area (Å²) in [6.45, 7) is 13.7. The SMILES string of the molecule is CC(C)(C)Oc1ccc(C(CCN)C(C)(C)C)cc1. The Morgan fingerprint density at radius 2 is 1.53 bits per heavy atom. The Morgan fingerprint density at radius 3 is 1.89 bits per heavy atom. The van der Waals surface area contributed by atoms with Crippen LogP contribution in [0, 0.1) is 5.41 Å². The van der Waals surface area contributed by atoms with Crippen LogP contribution in [-0.2, 0) is 0 Å². The van der Waals surface area contributed by atoms with E-state index < -0.39 is 0 Å². The molecule has 1 atom stereocenters. The summed E-state index contributed by atoms with van der Waals surface area (Å²) < 4.78 is 5.86. The van der Waals surface area contributed by atoms with Gasteiger partial charge in [-0.3, -0.25) is 0 Å². The fourth-order valence-corrected chi connectivity index (χ4v) is 2.39. The minimum Gasteiger partial charge on any atom is -0.488 e. The van der Waals surface area contributed by atoms with E-state index in [9.17, 15) is 0 Å². The Labute approximate surface area is 118 Å². The van der Waals surface area contributed by atoms with Crippen molar-refractivity contribution >= 4 is 0 Å². The van der Waals surface area contributed by atoms with Crippen molar-refractivity contribution in [2.45, 2.75) is 59.5 Å². The molecule has 0 aliphatic rings. The molecule has 0 fully saturated rings. The summed E-state index contributed by atoms with van der Waals surface area (Å²) in [7, 11) is 0. The number of nitrogens with two attached hydrogens (primary N) is 1. The van der Waals surface area contributed by atoms with Gasteiger partial charge in [-0.2, -0.15) is 0 Å². The average Bonchev–Trinajstić information content (AvgIpc) is 2.23. The third kappa shape index (κ3) is 5.23. The van der Waals surface area contributed by atoms with Crippen LogP contribution in [0.3, 0.4) is 0 Å². The first-order valence-corrected chi connectivity index (χ1v) is 7.12. The average molecular weight is 263 g/mol. The molecule has 0 bridgehead atoms. The highest BCUT2D eigenvalue weighted by Crippen LogP contribution is 2.38. The van der Waals surface area contributed by atoms with Gasteiger partial charge in [-0.15, -0.1) is 0 Å². The molecule has 0 spiro atoms. The van der Waals surface area contributed by atoms with E-state index in [2.05, 4.69) is 65.8 Å². The van der Waals surface area contributed by atoms with E-state index in [0.29, 0.717) is 5.92 Å². The van der Waals surface area contributed by atoms with Crippen LogP contribution in [0.4, 0.5) is 0 Å². The van der Waals surface area contributed by atoms with Crippen LogP contribution < -0.4 is 10.5 Å². The molecule has 19 heavy (non-hydrogen) atoms. The molecule has 108 valence electrons. The van der Waals surface area contributed by atoms with Crippen LogP contribution in [0.2, 0.25) is 0 Å². The second-order valence-corrected chi connectivity index (χ2v) is 7.28. The molecule has 1 unspecified atom stereocenters. The number of hydrogen-bond acceptors (Lipinski definition) is 2. The molecular weight excluding hydrogens is 234 g/mol. The van der Waals surface area contributed by atoms with Gasteiger partial charge in [0.25, 0.3) is 0 Å². The van der Waals surface area contributed by atoms with E-state index in [0.717, 1.165) is 18.7 Å². The van der Waals surface area contributed by atoms with Gasteiger partial charge in [0, 0.05) is 0 Å². The van der Waals surface area contributed by atoms with Crippen molar-refractivity contribution in [1.29, 1.82) is 0 Å². The maximum atomic E-state index is 5.86. The number of rotatable bonds is 4. The highest BCUT2D eigenvalue weighted by molar-refractivity contribution is 5.30. The normalized spacial score (nSPS) is 14.3. The Bertz CT molecular complexity index is 381. The molecule has 2 heteroatoms. The van der Waals surface area contributed by atoms with Crippen LogP contribution in [-0.4, -0.2) is 12.1 Å². The summed E-state index contributed by atoms with van der Waals surface area (Å²) >= 11 is 0. The lowest BCUT2D eigenvalue weighted by atomic mass is 9.74. The Hall–Kier alpha value is -1.02. The summed E-state index contributed by atoms with van der Waals surface area (Å²) in [5.74, 6) is 1.41. The van der Waals surface area contributed by atoms with Crippen LogP contribution in [0.25, 0.3) is 0 Å². The second-order valence-electron chi connectivity index (χ2n) is 7.28. The van der Waals surface area contributed by atoms with Crippen molar-refractivity contribution in [3.05, 3.63) is 29.8 Å². The van der Waals surface area contributed by atoms with Gasteiger partial charge in [-0.25, -0.2) is 0 Å². The number of hydrogen-bond donors (Lipinski definition) is 1. The van der Waals surface area contributed by atoms with Gasteiger partial charge >= 0.3 is 0 Å².